The highest BCUT2D eigenvalue weighted by Crippen LogP contribution is 2.51. The van der Waals surface area contributed by atoms with Gasteiger partial charge in [-0.2, -0.15) is 0 Å². The van der Waals surface area contributed by atoms with Crippen molar-refractivity contribution in [3.8, 4) is 0 Å². The van der Waals surface area contributed by atoms with Gasteiger partial charge in [-0.15, -0.1) is 0 Å². The van der Waals surface area contributed by atoms with E-state index in [1.807, 2.05) is 0 Å². The van der Waals surface area contributed by atoms with E-state index in [0.717, 1.165) is 77.0 Å². The van der Waals surface area contributed by atoms with Gasteiger partial charge < -0.3 is 71.1 Å². The van der Waals surface area contributed by atoms with Crippen LogP contribution in [0.1, 0.15) is 135 Å². The van der Waals surface area contributed by atoms with Crippen molar-refractivity contribution in [2.24, 2.45) is 30.7 Å². The summed E-state index contributed by atoms with van der Waals surface area (Å²) in [5.41, 5.74) is 59.7. The Morgan fingerprint density at radius 3 is 1.25 bits per heavy atom. The number of fused-ring (bicyclic) bond motifs is 4. The standard InChI is InChI=1S/C48H68N18O15/c49-61-55-25-21-26(56-62-50)32-37(79-47(76-32)17-9-3-10-18-47)31(25)73-43-29(57-63-51)35(33-27(71-43)22-69-45(77-33)13-5-1-6-14-45)67-24-68-36-30(58-64-52)44(72-28-23-70-46(78-34(28)36)15-7-2-8-16-46)74-39-38-40(42(60-66-54)75-41(39)59-65-53)81-48(80-38)19-11-4-12-20-48/h25-44H,1-24H2/t25?,26-,27?,28?,29?,30?,31-,32?,33-,34-,35-,36-,37+,38+,39+,40?,41?,42-,43-,44-/m1/s1. The molecule has 5 aliphatic carbocycles. The lowest BCUT2D eigenvalue weighted by Gasteiger charge is -2.54. The van der Waals surface area contributed by atoms with Gasteiger partial charge in [-0.1, -0.05) is 56.4 Å². The van der Waals surface area contributed by atoms with Crippen molar-refractivity contribution in [2.45, 2.75) is 280 Å². The summed E-state index contributed by atoms with van der Waals surface area (Å²) >= 11 is 0. The molecular formula is C48H68N18O15. The van der Waals surface area contributed by atoms with Gasteiger partial charge in [0.05, 0.1) is 37.5 Å². The summed E-state index contributed by atoms with van der Waals surface area (Å²) in [4.78, 5) is 18.8. The molecule has 81 heavy (non-hydrogen) atoms. The van der Waals surface area contributed by atoms with E-state index in [2.05, 4.69) is 60.2 Å². The van der Waals surface area contributed by atoms with Gasteiger partial charge in [-0.3, -0.25) is 0 Å². The largest absolute Gasteiger partial charge is 0.357 e. The van der Waals surface area contributed by atoms with Crippen LogP contribution < -0.4 is 0 Å². The fourth-order valence-corrected chi connectivity index (χ4v) is 14.7. The molecule has 8 unspecified atom stereocenters. The van der Waals surface area contributed by atoms with Crippen molar-refractivity contribution in [2.75, 3.05) is 20.0 Å². The second kappa shape index (κ2) is 24.5. The number of hydrogen-bond donors (Lipinski definition) is 0. The molecule has 0 amide bonds. The Balaban J connectivity index is 0.856. The Bertz CT molecular complexity index is 2390. The topological polar surface area (TPSA) is 431 Å². The van der Waals surface area contributed by atoms with Gasteiger partial charge >= 0.3 is 0 Å². The number of azide groups is 6. The summed E-state index contributed by atoms with van der Waals surface area (Å²) in [6.45, 7) is -0.480. The number of nitrogens with zero attached hydrogens (tertiary/aromatic N) is 18. The van der Waals surface area contributed by atoms with Crippen LogP contribution in [-0.2, 0) is 71.1 Å². The number of ether oxygens (including phenoxy) is 15. The van der Waals surface area contributed by atoms with Crippen LogP contribution in [0.3, 0.4) is 0 Å². The van der Waals surface area contributed by atoms with E-state index in [-0.39, 0.29) is 19.6 Å². The molecule has 0 aromatic carbocycles. The average molecular weight is 1140 g/mol. The van der Waals surface area contributed by atoms with Crippen LogP contribution in [0.5, 0.6) is 0 Å². The molecule has 33 heteroatoms. The fraction of sp³-hybridized carbons (Fsp3) is 1.00. The Morgan fingerprint density at radius 2 is 0.765 bits per heavy atom. The quantitative estimate of drug-likeness (QED) is 0.0676. The highest BCUT2D eigenvalue weighted by Gasteiger charge is 2.63. The lowest BCUT2D eigenvalue weighted by atomic mass is 9.84. The van der Waals surface area contributed by atoms with Gasteiger partial charge in [-0.05, 0) is 91.0 Å². The van der Waals surface area contributed by atoms with Gasteiger partial charge in [-0.25, -0.2) is 0 Å². The molecule has 20 atom stereocenters. The molecule has 0 aromatic heterocycles. The smallest absolute Gasteiger partial charge is 0.169 e. The second-order valence-electron chi connectivity index (χ2n) is 23.2. The van der Waals surface area contributed by atoms with Gasteiger partial charge in [0.2, 0.25) is 0 Å². The summed E-state index contributed by atoms with van der Waals surface area (Å²) in [6, 6.07) is -4.34. The molecule has 12 fully saturated rings. The Hall–Kier alpha value is -4.74. The van der Waals surface area contributed by atoms with Gasteiger partial charge in [0.25, 0.3) is 0 Å². The molecule has 0 aromatic rings. The third-order valence-electron chi connectivity index (χ3n) is 18.4. The minimum Gasteiger partial charge on any atom is -0.357 e. The summed E-state index contributed by atoms with van der Waals surface area (Å²) in [7, 11) is 0. The van der Waals surface area contributed by atoms with E-state index in [1.165, 1.54) is 0 Å². The molecule has 7 aliphatic heterocycles. The normalized spacial score (nSPS) is 43.3. The van der Waals surface area contributed by atoms with E-state index in [1.54, 1.807) is 0 Å². The van der Waals surface area contributed by atoms with Crippen molar-refractivity contribution in [3.05, 3.63) is 62.7 Å². The molecule has 12 rings (SSSR count). The van der Waals surface area contributed by atoms with Crippen molar-refractivity contribution < 1.29 is 71.1 Å². The maximum atomic E-state index is 10.4. The minimum absolute atomic E-state index is 0.0276. The molecule has 7 heterocycles. The molecule has 4 spiro atoms. The Kier molecular flexibility index (Phi) is 17.1. The van der Waals surface area contributed by atoms with E-state index in [9.17, 15) is 33.2 Å². The van der Waals surface area contributed by atoms with E-state index < -0.39 is 152 Å². The van der Waals surface area contributed by atoms with Crippen molar-refractivity contribution in [1.82, 2.24) is 0 Å². The maximum Gasteiger partial charge on any atom is 0.169 e. The van der Waals surface area contributed by atoms with Crippen molar-refractivity contribution in [1.29, 1.82) is 0 Å². The van der Waals surface area contributed by atoms with E-state index >= 15 is 0 Å². The molecule has 0 bridgehead atoms. The van der Waals surface area contributed by atoms with Crippen molar-refractivity contribution >= 4 is 0 Å². The maximum absolute atomic E-state index is 10.4. The lowest BCUT2D eigenvalue weighted by molar-refractivity contribution is -0.404. The zero-order chi connectivity index (χ0) is 55.6. The fourth-order valence-electron chi connectivity index (χ4n) is 14.7. The van der Waals surface area contributed by atoms with Crippen molar-refractivity contribution in [3.63, 3.8) is 0 Å². The van der Waals surface area contributed by atoms with Crippen LogP contribution in [0.4, 0.5) is 0 Å². The van der Waals surface area contributed by atoms with Crippen LogP contribution in [0, 0.1) is 0 Å². The van der Waals surface area contributed by atoms with Gasteiger partial charge in [0, 0.05) is 80.8 Å². The predicted octanol–water partition coefficient (Wildman–Crippen LogP) is 9.40. The summed E-state index contributed by atoms with van der Waals surface area (Å²) in [5, 5.41) is 24.4. The SMILES string of the molecule is [N-]=[N+]=NC1C[C@@H](N=[N+]=[N-])C2OC3(CCCCC3)O[C@H]2[C@@H]1O[C@H]1OC2COC3(CCCCC3)O[C@H]2[C@H](OCO[C@@H]2C(N=[N+]=[N-])[C@@H](O[C@@H]3C(N=[N+]=[N-])O[C@@H](N=[N+]=[N-])C4OC5(CCCCC5)O[C@H]43)OC3COC4(CCCCC4)O[C@H]32)C1N=[N+]=[N-]. The van der Waals surface area contributed by atoms with Gasteiger partial charge in [0.1, 0.15) is 79.9 Å². The van der Waals surface area contributed by atoms with Crippen LogP contribution in [-0.4, -0.2) is 166 Å². The van der Waals surface area contributed by atoms with Crippen LogP contribution >= 0.6 is 0 Å². The third kappa shape index (κ3) is 11.3. The van der Waals surface area contributed by atoms with Crippen LogP contribution in [0.25, 0.3) is 62.7 Å². The third-order valence-corrected chi connectivity index (χ3v) is 18.4. The van der Waals surface area contributed by atoms with E-state index in [0.29, 0.717) is 51.4 Å². The lowest BCUT2D eigenvalue weighted by Crippen LogP contribution is -2.68. The monoisotopic (exact) mass is 1140 g/mol. The summed E-state index contributed by atoms with van der Waals surface area (Å²) in [5.74, 6) is -4.02. The molecule has 33 nitrogen and oxygen atoms in total. The number of hydrogen-bond acceptors (Lipinski definition) is 21. The summed E-state index contributed by atoms with van der Waals surface area (Å²) in [6.07, 6.45) is -2.16. The number of rotatable bonds is 14. The first-order chi connectivity index (χ1) is 39.7. The second-order valence-corrected chi connectivity index (χ2v) is 23.2. The highest BCUT2D eigenvalue weighted by molar-refractivity contribution is 5.09. The molecule has 0 radical (unpaired) electrons. The minimum atomic E-state index is -1.46. The van der Waals surface area contributed by atoms with Crippen LogP contribution in [0.15, 0.2) is 30.7 Å². The molecule has 5 saturated carbocycles. The highest BCUT2D eigenvalue weighted by atomic mass is 16.8. The molecule has 12 aliphatic rings. The molecule has 440 valence electrons. The Labute approximate surface area is 463 Å². The predicted molar refractivity (Wildman–Crippen MR) is 269 cm³/mol. The first-order valence-electron chi connectivity index (χ1n) is 28.8. The summed E-state index contributed by atoms with van der Waals surface area (Å²) < 4.78 is 100. The molecule has 7 saturated heterocycles. The molecule has 0 N–H and O–H groups in total. The Morgan fingerprint density at radius 1 is 0.370 bits per heavy atom. The zero-order valence-corrected chi connectivity index (χ0v) is 44.7. The average Bonchev–Trinajstić information content (AvgIpc) is 4.10. The van der Waals surface area contributed by atoms with Crippen LogP contribution in [0.2, 0.25) is 0 Å². The first-order valence-corrected chi connectivity index (χ1v) is 28.8. The molecular weight excluding hydrogens is 1070 g/mol. The zero-order valence-electron chi connectivity index (χ0n) is 44.7. The van der Waals surface area contributed by atoms with E-state index in [4.69, 9.17) is 71.1 Å². The van der Waals surface area contributed by atoms with Gasteiger partial charge in [0.15, 0.2) is 48.2 Å². The first kappa shape index (κ1) is 56.7.